The molecule has 0 aliphatic carbocycles. The summed E-state index contributed by atoms with van der Waals surface area (Å²) in [5.74, 6) is -0.897. The molecule has 0 spiro atoms. The van der Waals surface area contributed by atoms with Crippen molar-refractivity contribution in [1.29, 1.82) is 0 Å². The topological polar surface area (TPSA) is 95.6 Å². The summed E-state index contributed by atoms with van der Waals surface area (Å²) >= 11 is 1.48. The standard InChI is InChI=1S/C22H31N3O4S2/c1-16(2)20(21(27)24-22(3,4)5)25(15-17-10-9-13-30-17)19(26)14-23-31(28,29)18-11-7-6-8-12-18/h6-13,16,20,23H,14-15H2,1-5H3,(H,24,27). The maximum Gasteiger partial charge on any atom is 0.243 e. The Bertz CT molecular complexity index is 966. The molecule has 2 aromatic rings. The molecule has 0 aliphatic rings. The number of thiophene rings is 1. The third kappa shape index (κ3) is 7.45. The van der Waals surface area contributed by atoms with E-state index in [1.54, 1.807) is 18.2 Å². The lowest BCUT2D eigenvalue weighted by atomic mass is 9.99. The van der Waals surface area contributed by atoms with Gasteiger partial charge in [0.05, 0.1) is 18.0 Å². The zero-order chi connectivity index (χ0) is 23.2. The van der Waals surface area contributed by atoms with Crippen molar-refractivity contribution in [2.45, 2.75) is 57.6 Å². The van der Waals surface area contributed by atoms with Crippen molar-refractivity contribution in [1.82, 2.24) is 14.9 Å². The summed E-state index contributed by atoms with van der Waals surface area (Å²) in [6, 6.07) is 10.9. The maximum atomic E-state index is 13.2. The van der Waals surface area contributed by atoms with E-state index in [0.29, 0.717) is 0 Å². The Kier molecular flexibility index (Phi) is 8.39. The van der Waals surface area contributed by atoms with Gasteiger partial charge in [-0.15, -0.1) is 11.3 Å². The summed E-state index contributed by atoms with van der Waals surface area (Å²) < 4.78 is 27.5. The Labute approximate surface area is 188 Å². The van der Waals surface area contributed by atoms with E-state index in [9.17, 15) is 18.0 Å². The van der Waals surface area contributed by atoms with Gasteiger partial charge in [-0.25, -0.2) is 13.1 Å². The number of hydrogen-bond acceptors (Lipinski definition) is 5. The predicted molar refractivity (Wildman–Crippen MR) is 123 cm³/mol. The first-order valence-electron chi connectivity index (χ1n) is 10.1. The van der Waals surface area contributed by atoms with E-state index in [2.05, 4.69) is 10.0 Å². The molecular weight excluding hydrogens is 434 g/mol. The number of amides is 2. The molecule has 31 heavy (non-hydrogen) atoms. The molecule has 170 valence electrons. The molecule has 1 aromatic carbocycles. The van der Waals surface area contributed by atoms with Gasteiger partial charge >= 0.3 is 0 Å². The molecule has 2 N–H and O–H groups in total. The van der Waals surface area contributed by atoms with Crippen molar-refractivity contribution in [2.24, 2.45) is 5.92 Å². The zero-order valence-electron chi connectivity index (χ0n) is 18.6. The van der Waals surface area contributed by atoms with Crippen LogP contribution in [0.3, 0.4) is 0 Å². The third-order valence-electron chi connectivity index (χ3n) is 4.43. The first kappa shape index (κ1) is 25.0. The molecule has 1 aromatic heterocycles. The maximum absolute atomic E-state index is 13.2. The highest BCUT2D eigenvalue weighted by Gasteiger charge is 2.34. The second-order valence-corrected chi connectivity index (χ2v) is 11.5. The second-order valence-electron chi connectivity index (χ2n) is 8.67. The Morgan fingerprint density at radius 1 is 1.06 bits per heavy atom. The summed E-state index contributed by atoms with van der Waals surface area (Å²) in [5, 5.41) is 4.84. The Morgan fingerprint density at radius 3 is 2.23 bits per heavy atom. The van der Waals surface area contributed by atoms with Gasteiger partial charge < -0.3 is 10.2 Å². The molecule has 9 heteroatoms. The Morgan fingerprint density at radius 2 is 1.71 bits per heavy atom. The minimum absolute atomic E-state index is 0.0819. The van der Waals surface area contributed by atoms with Gasteiger partial charge in [0.15, 0.2) is 0 Å². The van der Waals surface area contributed by atoms with E-state index in [0.717, 1.165) is 4.88 Å². The van der Waals surface area contributed by atoms with Crippen LogP contribution in [0.15, 0.2) is 52.7 Å². The van der Waals surface area contributed by atoms with Gasteiger partial charge in [-0.2, -0.15) is 0 Å². The van der Waals surface area contributed by atoms with Crippen LogP contribution < -0.4 is 10.0 Å². The number of nitrogens with one attached hydrogen (secondary N) is 2. The largest absolute Gasteiger partial charge is 0.350 e. The van der Waals surface area contributed by atoms with Crippen molar-refractivity contribution in [2.75, 3.05) is 6.54 Å². The van der Waals surface area contributed by atoms with Crippen LogP contribution >= 0.6 is 11.3 Å². The quantitative estimate of drug-likeness (QED) is 0.595. The van der Waals surface area contributed by atoms with E-state index < -0.39 is 34.1 Å². The molecule has 2 rings (SSSR count). The normalized spacial score (nSPS) is 13.1. The number of rotatable bonds is 9. The van der Waals surface area contributed by atoms with Gasteiger partial charge in [0.25, 0.3) is 0 Å². The van der Waals surface area contributed by atoms with Crippen molar-refractivity contribution in [3.8, 4) is 0 Å². The van der Waals surface area contributed by atoms with Gasteiger partial charge in [-0.1, -0.05) is 38.1 Å². The highest BCUT2D eigenvalue weighted by atomic mass is 32.2. The minimum atomic E-state index is -3.84. The SMILES string of the molecule is CC(C)C(C(=O)NC(C)(C)C)N(Cc1cccs1)C(=O)CNS(=O)(=O)c1ccccc1. The molecule has 0 fully saturated rings. The van der Waals surface area contributed by atoms with Crippen molar-refractivity contribution in [3.05, 3.63) is 52.7 Å². The molecule has 0 radical (unpaired) electrons. The van der Waals surface area contributed by atoms with E-state index in [1.165, 1.54) is 28.4 Å². The van der Waals surface area contributed by atoms with Crippen LogP contribution in [0.5, 0.6) is 0 Å². The van der Waals surface area contributed by atoms with Crippen LogP contribution in [0.4, 0.5) is 0 Å². The highest BCUT2D eigenvalue weighted by molar-refractivity contribution is 7.89. The summed E-state index contributed by atoms with van der Waals surface area (Å²) in [5.41, 5.74) is -0.462. The highest BCUT2D eigenvalue weighted by Crippen LogP contribution is 2.20. The van der Waals surface area contributed by atoms with E-state index >= 15 is 0 Å². The number of sulfonamides is 1. The molecule has 2 amide bonds. The average molecular weight is 466 g/mol. The number of hydrogen-bond donors (Lipinski definition) is 2. The van der Waals surface area contributed by atoms with E-state index in [-0.39, 0.29) is 23.3 Å². The number of benzene rings is 1. The van der Waals surface area contributed by atoms with Crippen molar-refractivity contribution in [3.63, 3.8) is 0 Å². The van der Waals surface area contributed by atoms with E-state index in [4.69, 9.17) is 0 Å². The van der Waals surface area contributed by atoms with Crippen molar-refractivity contribution < 1.29 is 18.0 Å². The molecular formula is C22H31N3O4S2. The van der Waals surface area contributed by atoms with Gasteiger partial charge in [0.2, 0.25) is 21.8 Å². The van der Waals surface area contributed by atoms with Crippen LogP contribution in [-0.2, 0) is 26.2 Å². The fraction of sp³-hybridized carbons (Fsp3) is 0.455. The Balaban J connectivity index is 2.27. The molecule has 0 saturated heterocycles. The smallest absolute Gasteiger partial charge is 0.243 e. The Hall–Kier alpha value is -2.23. The number of carbonyl (C=O) groups is 2. The molecule has 1 unspecified atom stereocenters. The zero-order valence-corrected chi connectivity index (χ0v) is 20.2. The summed E-state index contributed by atoms with van der Waals surface area (Å²) in [7, 11) is -3.84. The number of nitrogens with zero attached hydrogens (tertiary/aromatic N) is 1. The lowest BCUT2D eigenvalue weighted by Crippen LogP contribution is -2.56. The molecule has 0 aliphatic heterocycles. The predicted octanol–water partition coefficient (Wildman–Crippen LogP) is 2.99. The third-order valence-corrected chi connectivity index (χ3v) is 6.71. The van der Waals surface area contributed by atoms with Gasteiger partial charge in [-0.3, -0.25) is 9.59 Å². The average Bonchev–Trinajstić information content (AvgIpc) is 3.18. The van der Waals surface area contributed by atoms with Gasteiger partial charge in [-0.05, 0) is 50.3 Å². The summed E-state index contributed by atoms with van der Waals surface area (Å²) in [6.07, 6.45) is 0. The lowest BCUT2D eigenvalue weighted by Gasteiger charge is -2.35. The first-order valence-corrected chi connectivity index (χ1v) is 12.5. The van der Waals surface area contributed by atoms with Crippen LogP contribution in [0.2, 0.25) is 0 Å². The van der Waals surface area contributed by atoms with Gasteiger partial charge in [0, 0.05) is 10.4 Å². The summed E-state index contributed by atoms with van der Waals surface area (Å²) in [6.45, 7) is 9.16. The fourth-order valence-electron chi connectivity index (χ4n) is 3.10. The molecule has 0 bridgehead atoms. The van der Waals surface area contributed by atoms with E-state index in [1.807, 2.05) is 52.1 Å². The van der Waals surface area contributed by atoms with Crippen LogP contribution in [0, 0.1) is 5.92 Å². The fourth-order valence-corrected chi connectivity index (χ4v) is 4.80. The lowest BCUT2D eigenvalue weighted by molar-refractivity contribution is -0.142. The monoisotopic (exact) mass is 465 g/mol. The minimum Gasteiger partial charge on any atom is -0.350 e. The summed E-state index contributed by atoms with van der Waals surface area (Å²) in [4.78, 5) is 28.7. The van der Waals surface area contributed by atoms with Crippen LogP contribution in [0.25, 0.3) is 0 Å². The number of carbonyl (C=O) groups excluding carboxylic acids is 2. The second kappa shape index (κ2) is 10.4. The molecule has 0 saturated carbocycles. The molecule has 1 atom stereocenters. The first-order chi connectivity index (χ1) is 14.4. The molecule has 1 heterocycles. The van der Waals surface area contributed by atoms with Crippen LogP contribution in [-0.4, -0.2) is 43.3 Å². The molecule has 7 nitrogen and oxygen atoms in total. The van der Waals surface area contributed by atoms with Crippen molar-refractivity contribution >= 4 is 33.2 Å². The van der Waals surface area contributed by atoms with Gasteiger partial charge in [0.1, 0.15) is 6.04 Å². The van der Waals surface area contributed by atoms with Crippen LogP contribution in [0.1, 0.15) is 39.5 Å².